The summed E-state index contributed by atoms with van der Waals surface area (Å²) in [6.07, 6.45) is -0.765. The quantitative estimate of drug-likeness (QED) is 0.376. The largest absolute Gasteiger partial charge is 0.508 e. The number of para-hydroxylation sites is 1. The van der Waals surface area contributed by atoms with Crippen molar-refractivity contribution < 1.29 is 24.2 Å². The molecule has 2 rings (SSSR count). The van der Waals surface area contributed by atoms with Crippen molar-refractivity contribution in [3.05, 3.63) is 58.6 Å². The van der Waals surface area contributed by atoms with Gasteiger partial charge in [-0.1, -0.05) is 35.9 Å². The van der Waals surface area contributed by atoms with E-state index in [0.29, 0.717) is 16.3 Å². The van der Waals surface area contributed by atoms with Crippen molar-refractivity contribution >= 4 is 47.8 Å². The number of phenols is 1. The van der Waals surface area contributed by atoms with Gasteiger partial charge in [0.2, 0.25) is 5.91 Å². The van der Waals surface area contributed by atoms with Crippen LogP contribution in [0.15, 0.2) is 42.5 Å². The average Bonchev–Trinajstić information content (AvgIpc) is 2.77. The molecule has 3 amide bonds. The summed E-state index contributed by atoms with van der Waals surface area (Å²) in [6, 6.07) is 9.11. The molecule has 0 bridgehead atoms. The van der Waals surface area contributed by atoms with Crippen LogP contribution in [0, 0.1) is 6.92 Å². The molecule has 190 valence electrons. The van der Waals surface area contributed by atoms with E-state index in [0.717, 1.165) is 5.56 Å². The maximum atomic E-state index is 13.6. The standard InChI is InChI=1S/C25H32ClN3O5S/c1-6-29(23(32)19(14-35)27-24(33)34-25(3,4)5)21(16-10-12-17(30)13-11-16)22(31)28-20-15(2)8-7-9-18(20)26/h7-13,19,21,30,35H,6,14H2,1-5H3,(H,27,33)(H,28,31). The first-order valence-corrected chi connectivity index (χ1v) is 12.1. The lowest BCUT2D eigenvalue weighted by Gasteiger charge is -2.33. The third kappa shape index (κ3) is 7.80. The van der Waals surface area contributed by atoms with Crippen LogP contribution in [0.5, 0.6) is 5.75 Å². The lowest BCUT2D eigenvalue weighted by atomic mass is 10.0. The number of alkyl carbamates (subject to hydrolysis) is 1. The molecule has 0 radical (unpaired) electrons. The van der Waals surface area contributed by atoms with Gasteiger partial charge in [0.05, 0.1) is 10.7 Å². The zero-order valence-corrected chi connectivity index (χ0v) is 22.1. The van der Waals surface area contributed by atoms with E-state index in [1.165, 1.54) is 17.0 Å². The maximum Gasteiger partial charge on any atom is 0.408 e. The van der Waals surface area contributed by atoms with Crippen molar-refractivity contribution in [2.45, 2.75) is 52.3 Å². The Hall–Kier alpha value is -2.91. The summed E-state index contributed by atoms with van der Waals surface area (Å²) in [6.45, 7) is 8.82. The molecule has 0 saturated carbocycles. The Labute approximate surface area is 216 Å². The molecule has 0 aliphatic carbocycles. The van der Waals surface area contributed by atoms with Crippen molar-refractivity contribution in [2.24, 2.45) is 0 Å². The van der Waals surface area contributed by atoms with E-state index in [2.05, 4.69) is 23.3 Å². The van der Waals surface area contributed by atoms with Gasteiger partial charge in [0, 0.05) is 12.3 Å². The number of nitrogens with one attached hydrogen (secondary N) is 2. The molecule has 2 atom stereocenters. The minimum atomic E-state index is -1.08. The van der Waals surface area contributed by atoms with Crippen molar-refractivity contribution in [2.75, 3.05) is 17.6 Å². The fraction of sp³-hybridized carbons (Fsp3) is 0.400. The highest BCUT2D eigenvalue weighted by molar-refractivity contribution is 7.80. The molecule has 0 saturated heterocycles. The number of anilines is 1. The molecule has 0 heterocycles. The van der Waals surface area contributed by atoms with Gasteiger partial charge in [-0.15, -0.1) is 0 Å². The molecule has 3 N–H and O–H groups in total. The normalized spacial score (nSPS) is 12.9. The third-order valence-corrected chi connectivity index (χ3v) is 5.71. The highest BCUT2D eigenvalue weighted by Crippen LogP contribution is 2.30. The molecule has 2 unspecified atom stereocenters. The van der Waals surface area contributed by atoms with Crippen molar-refractivity contribution in [3.63, 3.8) is 0 Å². The zero-order chi connectivity index (χ0) is 26.3. The molecular weight excluding hydrogens is 490 g/mol. The Morgan fingerprint density at radius 3 is 2.29 bits per heavy atom. The van der Waals surface area contributed by atoms with E-state index in [9.17, 15) is 19.5 Å². The number of aryl methyl sites for hydroxylation is 1. The average molecular weight is 522 g/mol. The van der Waals surface area contributed by atoms with E-state index >= 15 is 0 Å². The molecule has 0 aliphatic heterocycles. The van der Waals surface area contributed by atoms with Crippen molar-refractivity contribution in [1.82, 2.24) is 10.2 Å². The summed E-state index contributed by atoms with van der Waals surface area (Å²) in [5.74, 6) is -1.01. The number of hydrogen-bond donors (Lipinski definition) is 4. The van der Waals surface area contributed by atoms with Crippen molar-refractivity contribution in [3.8, 4) is 5.75 Å². The number of carbonyl (C=O) groups is 3. The monoisotopic (exact) mass is 521 g/mol. The van der Waals surface area contributed by atoms with Gasteiger partial charge >= 0.3 is 6.09 Å². The SMILES string of the molecule is CCN(C(=O)C(CS)NC(=O)OC(C)(C)C)C(C(=O)Nc1c(C)cccc1Cl)c1ccc(O)cc1. The lowest BCUT2D eigenvalue weighted by Crippen LogP contribution is -2.53. The Bertz CT molecular complexity index is 1040. The number of nitrogens with zero attached hydrogens (tertiary/aromatic N) is 1. The summed E-state index contributed by atoms with van der Waals surface area (Å²) in [7, 11) is 0. The highest BCUT2D eigenvalue weighted by Gasteiger charge is 2.35. The second-order valence-electron chi connectivity index (χ2n) is 8.92. The topological polar surface area (TPSA) is 108 Å². The maximum absolute atomic E-state index is 13.6. The summed E-state index contributed by atoms with van der Waals surface area (Å²) in [4.78, 5) is 40.8. The van der Waals surface area contributed by atoms with Gasteiger partial charge in [-0.3, -0.25) is 9.59 Å². The summed E-state index contributed by atoms with van der Waals surface area (Å²) >= 11 is 10.5. The van der Waals surface area contributed by atoms with Gasteiger partial charge in [0.1, 0.15) is 23.4 Å². The molecule has 0 aromatic heterocycles. The second kappa shape index (κ2) is 12.2. The predicted molar refractivity (Wildman–Crippen MR) is 140 cm³/mol. The van der Waals surface area contributed by atoms with Crippen LogP contribution in [0.1, 0.15) is 44.9 Å². The molecule has 8 nitrogen and oxygen atoms in total. The first-order valence-electron chi connectivity index (χ1n) is 11.1. The van der Waals surface area contributed by atoms with Crippen molar-refractivity contribution in [1.29, 1.82) is 0 Å². The van der Waals surface area contributed by atoms with Gasteiger partial charge in [-0.2, -0.15) is 12.6 Å². The summed E-state index contributed by atoms with van der Waals surface area (Å²) < 4.78 is 5.27. The van der Waals surface area contributed by atoms with Crippen LogP contribution in [0.25, 0.3) is 0 Å². The highest BCUT2D eigenvalue weighted by atomic mass is 35.5. The Kier molecular flexibility index (Phi) is 9.85. The van der Waals surface area contributed by atoms with Crippen LogP contribution in [-0.4, -0.2) is 51.9 Å². The minimum absolute atomic E-state index is 0.0118. The van der Waals surface area contributed by atoms with E-state index in [1.807, 2.05) is 13.0 Å². The number of carbonyl (C=O) groups excluding carboxylic acids is 3. The summed E-state index contributed by atoms with van der Waals surface area (Å²) in [5.41, 5.74) is 0.906. The minimum Gasteiger partial charge on any atom is -0.508 e. The van der Waals surface area contributed by atoms with E-state index in [1.54, 1.807) is 52.0 Å². The molecule has 0 aliphatic rings. The third-order valence-electron chi connectivity index (χ3n) is 5.03. The van der Waals surface area contributed by atoms with Crippen LogP contribution in [0.2, 0.25) is 5.02 Å². The van der Waals surface area contributed by atoms with Gasteiger partial charge in [0.25, 0.3) is 5.91 Å². The number of ether oxygens (including phenoxy) is 1. The zero-order valence-electron chi connectivity index (χ0n) is 20.5. The van der Waals surface area contributed by atoms with Crippen LogP contribution in [0.4, 0.5) is 10.5 Å². The van der Waals surface area contributed by atoms with Crippen LogP contribution < -0.4 is 10.6 Å². The number of phenolic OH excluding ortho intramolecular Hbond substituents is 1. The van der Waals surface area contributed by atoms with Crippen LogP contribution in [0.3, 0.4) is 0 Å². The number of thiol groups is 1. The predicted octanol–water partition coefficient (Wildman–Crippen LogP) is 4.71. The Morgan fingerprint density at radius 2 is 1.77 bits per heavy atom. The Balaban J connectivity index is 2.42. The van der Waals surface area contributed by atoms with Gasteiger partial charge in [0.15, 0.2) is 0 Å². The van der Waals surface area contributed by atoms with E-state index in [-0.39, 0.29) is 18.0 Å². The van der Waals surface area contributed by atoms with Gasteiger partial charge in [-0.05, 0) is 63.9 Å². The fourth-order valence-corrected chi connectivity index (χ4v) is 3.93. The Morgan fingerprint density at radius 1 is 1.14 bits per heavy atom. The molecular formula is C25H32ClN3O5S. The lowest BCUT2D eigenvalue weighted by molar-refractivity contribution is -0.140. The van der Waals surface area contributed by atoms with Crippen LogP contribution >= 0.6 is 24.2 Å². The molecule has 35 heavy (non-hydrogen) atoms. The first kappa shape index (κ1) is 28.3. The molecule has 0 fully saturated rings. The molecule has 0 spiro atoms. The second-order valence-corrected chi connectivity index (χ2v) is 9.69. The smallest absolute Gasteiger partial charge is 0.408 e. The summed E-state index contributed by atoms with van der Waals surface area (Å²) in [5, 5.41) is 15.5. The van der Waals surface area contributed by atoms with Gasteiger partial charge < -0.3 is 25.4 Å². The van der Waals surface area contributed by atoms with Gasteiger partial charge in [-0.25, -0.2) is 4.79 Å². The van der Waals surface area contributed by atoms with Crippen LogP contribution in [-0.2, 0) is 14.3 Å². The fourth-order valence-electron chi connectivity index (χ4n) is 3.41. The number of aromatic hydroxyl groups is 1. The van der Waals surface area contributed by atoms with E-state index < -0.39 is 35.6 Å². The van der Waals surface area contributed by atoms with E-state index in [4.69, 9.17) is 16.3 Å². The number of amides is 3. The molecule has 10 heteroatoms. The molecule has 2 aromatic rings. The number of hydrogen-bond acceptors (Lipinski definition) is 6. The number of rotatable bonds is 8. The number of likely N-dealkylation sites (N-methyl/N-ethyl adjacent to an activating group) is 1. The first-order chi connectivity index (χ1) is 16.4. The number of benzene rings is 2. The number of halogens is 1. The molecule has 2 aromatic carbocycles.